The molecule has 0 aromatic carbocycles. The van der Waals surface area contributed by atoms with Crippen molar-refractivity contribution in [2.24, 2.45) is 0 Å². The average Bonchev–Trinajstić information content (AvgIpc) is 3.26. The van der Waals surface area contributed by atoms with E-state index in [1.54, 1.807) is 6.08 Å². The molecule has 0 bridgehead atoms. The molecule has 0 aromatic rings. The predicted molar refractivity (Wildman–Crippen MR) is 254 cm³/mol. The van der Waals surface area contributed by atoms with Crippen molar-refractivity contribution in [3.05, 3.63) is 12.2 Å². The summed E-state index contributed by atoms with van der Waals surface area (Å²) in [7, 11) is 0. The van der Waals surface area contributed by atoms with Crippen LogP contribution >= 0.6 is 0 Å². The molecule has 1 heterocycles. The fraction of sp³-hybridized carbons (Fsp3) is 0.942. The molecule has 6 N–H and O–H groups in total. The highest BCUT2D eigenvalue weighted by Gasteiger charge is 2.44. The topological polar surface area (TPSA) is 149 Å². The largest absolute Gasteiger partial charge is 0.394 e. The second-order valence-electron chi connectivity index (χ2n) is 18.7. The Bertz CT molecular complexity index is 966. The van der Waals surface area contributed by atoms with E-state index in [0.29, 0.717) is 6.42 Å². The van der Waals surface area contributed by atoms with Crippen molar-refractivity contribution in [2.75, 3.05) is 13.2 Å². The Morgan fingerprint density at radius 3 is 1.28 bits per heavy atom. The molecular formula is C52H101NO8. The predicted octanol–water partition coefficient (Wildman–Crippen LogP) is 12.1. The van der Waals surface area contributed by atoms with Gasteiger partial charge in [-0.2, -0.15) is 0 Å². The first-order valence-corrected chi connectivity index (χ1v) is 26.4. The Balaban J connectivity index is 2.25. The lowest BCUT2D eigenvalue weighted by molar-refractivity contribution is -0.302. The van der Waals surface area contributed by atoms with E-state index in [0.717, 1.165) is 38.5 Å². The molecule has 0 radical (unpaired) electrons. The molecule has 7 atom stereocenters. The minimum atomic E-state index is -1.56. The maximum atomic E-state index is 13.0. The van der Waals surface area contributed by atoms with Gasteiger partial charge in [-0.25, -0.2) is 0 Å². The van der Waals surface area contributed by atoms with Crippen LogP contribution in [0.15, 0.2) is 12.2 Å². The lowest BCUT2D eigenvalue weighted by atomic mass is 9.99. The van der Waals surface area contributed by atoms with Crippen LogP contribution in [-0.2, 0) is 14.3 Å². The van der Waals surface area contributed by atoms with Crippen molar-refractivity contribution >= 4 is 5.91 Å². The van der Waals surface area contributed by atoms with Crippen LogP contribution in [0.4, 0.5) is 0 Å². The summed E-state index contributed by atoms with van der Waals surface area (Å²) < 4.78 is 11.2. The van der Waals surface area contributed by atoms with Crippen molar-refractivity contribution in [3.63, 3.8) is 0 Å². The maximum absolute atomic E-state index is 13.0. The number of hydrogen-bond donors (Lipinski definition) is 6. The highest BCUT2D eigenvalue weighted by atomic mass is 16.7. The number of hydrogen-bond acceptors (Lipinski definition) is 8. The first-order valence-electron chi connectivity index (χ1n) is 26.4. The number of rotatable bonds is 45. The SMILES string of the molecule is CCCCCCCCCCCCCCCC/C=C/[C@@H](O)[C@H](CO[C@@H]1O[C@H](CO)[C@H](O)C(O)C1O)NC(=O)CCCCCCCCCCCCCCCCCCCCCCCC. The lowest BCUT2D eigenvalue weighted by Gasteiger charge is -2.40. The second kappa shape index (κ2) is 42.9. The number of unbranched alkanes of at least 4 members (excludes halogenated alkanes) is 35. The number of ether oxygens (including phenoxy) is 2. The van der Waals surface area contributed by atoms with Gasteiger partial charge >= 0.3 is 0 Å². The van der Waals surface area contributed by atoms with Crippen LogP contribution in [0, 0.1) is 0 Å². The van der Waals surface area contributed by atoms with E-state index in [1.807, 2.05) is 6.08 Å². The van der Waals surface area contributed by atoms with Crippen LogP contribution in [0.5, 0.6) is 0 Å². The first-order chi connectivity index (χ1) is 29.8. The Hall–Kier alpha value is -1.07. The van der Waals surface area contributed by atoms with Crippen molar-refractivity contribution in [1.82, 2.24) is 5.32 Å². The van der Waals surface area contributed by atoms with Gasteiger partial charge in [0.05, 0.1) is 25.4 Å². The van der Waals surface area contributed by atoms with Gasteiger partial charge in [-0.15, -0.1) is 0 Å². The molecule has 0 spiro atoms. The summed E-state index contributed by atoms with van der Waals surface area (Å²) in [5, 5.41) is 54.4. The molecule has 1 fully saturated rings. The lowest BCUT2D eigenvalue weighted by Crippen LogP contribution is -2.60. The van der Waals surface area contributed by atoms with Crippen LogP contribution in [0.3, 0.4) is 0 Å². The molecular weight excluding hydrogens is 767 g/mol. The smallest absolute Gasteiger partial charge is 0.220 e. The molecule has 0 saturated carbocycles. The number of carbonyl (C=O) groups excluding carboxylic acids is 1. The summed E-state index contributed by atoms with van der Waals surface area (Å²) >= 11 is 0. The van der Waals surface area contributed by atoms with E-state index in [2.05, 4.69) is 19.2 Å². The van der Waals surface area contributed by atoms with Crippen molar-refractivity contribution in [2.45, 2.75) is 301 Å². The fourth-order valence-electron chi connectivity index (χ4n) is 8.63. The number of amides is 1. The molecule has 1 aliphatic rings. The Labute approximate surface area is 376 Å². The summed E-state index contributed by atoms with van der Waals surface area (Å²) in [6, 6.07) is -0.799. The molecule has 0 aliphatic carbocycles. The Kier molecular flexibility index (Phi) is 40.7. The number of aliphatic hydroxyl groups is 5. The third-order valence-electron chi connectivity index (χ3n) is 12.9. The highest BCUT2D eigenvalue weighted by molar-refractivity contribution is 5.76. The quantitative estimate of drug-likeness (QED) is 0.0262. The monoisotopic (exact) mass is 868 g/mol. The maximum Gasteiger partial charge on any atom is 0.220 e. The van der Waals surface area contributed by atoms with Crippen LogP contribution in [0.25, 0.3) is 0 Å². The van der Waals surface area contributed by atoms with E-state index in [4.69, 9.17) is 9.47 Å². The molecule has 1 aliphatic heterocycles. The van der Waals surface area contributed by atoms with E-state index < -0.39 is 49.5 Å². The van der Waals surface area contributed by atoms with Gasteiger partial charge in [0.1, 0.15) is 24.4 Å². The molecule has 1 amide bonds. The minimum absolute atomic E-state index is 0.171. The summed E-state index contributed by atoms with van der Waals surface area (Å²) in [5.74, 6) is -0.171. The van der Waals surface area contributed by atoms with E-state index in [-0.39, 0.29) is 12.5 Å². The summed E-state index contributed by atoms with van der Waals surface area (Å²) in [6.45, 7) is 3.81. The number of carbonyl (C=O) groups is 1. The molecule has 61 heavy (non-hydrogen) atoms. The Morgan fingerprint density at radius 2 is 0.902 bits per heavy atom. The van der Waals surface area contributed by atoms with Gasteiger partial charge in [0.2, 0.25) is 5.91 Å². The zero-order valence-corrected chi connectivity index (χ0v) is 39.9. The third kappa shape index (κ3) is 33.1. The summed E-state index contributed by atoms with van der Waals surface area (Å²) in [6.07, 6.45) is 44.0. The van der Waals surface area contributed by atoms with Crippen LogP contribution < -0.4 is 5.32 Å². The van der Waals surface area contributed by atoms with Gasteiger partial charge in [0.25, 0.3) is 0 Å². The van der Waals surface area contributed by atoms with Gasteiger partial charge in [0.15, 0.2) is 6.29 Å². The molecule has 9 heteroatoms. The molecule has 1 saturated heterocycles. The molecule has 2 unspecified atom stereocenters. The highest BCUT2D eigenvalue weighted by Crippen LogP contribution is 2.23. The standard InChI is InChI=1S/C52H101NO8/c1-3-5-7-9-11-13-15-17-19-21-22-23-24-25-26-28-30-32-34-36-38-40-42-48(56)53-45(44-60-52-51(59)50(58)49(57)47(43-54)61-52)46(55)41-39-37-35-33-31-29-27-20-18-16-14-12-10-8-6-4-2/h39,41,45-47,49-52,54-55,57-59H,3-38,40,42-44H2,1-2H3,(H,53,56)/b41-39+/t45-,46+,47+,49-,50?,51?,52+/m0/s1. The fourth-order valence-corrected chi connectivity index (χ4v) is 8.63. The first kappa shape index (κ1) is 57.9. The van der Waals surface area contributed by atoms with Gasteiger partial charge in [-0.1, -0.05) is 244 Å². The van der Waals surface area contributed by atoms with Crippen LogP contribution in [0.2, 0.25) is 0 Å². The minimum Gasteiger partial charge on any atom is -0.394 e. The zero-order valence-electron chi connectivity index (χ0n) is 39.9. The molecule has 1 rings (SSSR count). The van der Waals surface area contributed by atoms with E-state index >= 15 is 0 Å². The number of allylic oxidation sites excluding steroid dienone is 1. The number of aliphatic hydroxyl groups excluding tert-OH is 5. The number of nitrogens with one attached hydrogen (secondary N) is 1. The second-order valence-corrected chi connectivity index (χ2v) is 18.7. The summed E-state index contributed by atoms with van der Waals surface area (Å²) in [4.78, 5) is 13.0. The normalized spacial score (nSPS) is 20.4. The molecule has 9 nitrogen and oxygen atoms in total. The van der Waals surface area contributed by atoms with Crippen molar-refractivity contribution in [1.29, 1.82) is 0 Å². The molecule has 362 valence electrons. The van der Waals surface area contributed by atoms with Gasteiger partial charge < -0.3 is 40.3 Å². The summed E-state index contributed by atoms with van der Waals surface area (Å²) in [5.41, 5.74) is 0. The van der Waals surface area contributed by atoms with Crippen molar-refractivity contribution < 1.29 is 39.8 Å². The van der Waals surface area contributed by atoms with Crippen molar-refractivity contribution in [3.8, 4) is 0 Å². The molecule has 0 aromatic heterocycles. The van der Waals surface area contributed by atoms with Crippen LogP contribution in [-0.4, -0.2) is 87.5 Å². The van der Waals surface area contributed by atoms with Gasteiger partial charge in [-0.05, 0) is 19.3 Å². The van der Waals surface area contributed by atoms with E-state index in [9.17, 15) is 30.3 Å². The Morgan fingerprint density at radius 1 is 0.541 bits per heavy atom. The third-order valence-corrected chi connectivity index (χ3v) is 12.9. The van der Waals surface area contributed by atoms with Crippen LogP contribution in [0.1, 0.15) is 258 Å². The zero-order chi connectivity index (χ0) is 44.4. The van der Waals surface area contributed by atoms with Gasteiger partial charge in [0, 0.05) is 6.42 Å². The van der Waals surface area contributed by atoms with E-state index in [1.165, 1.54) is 199 Å². The van der Waals surface area contributed by atoms with Gasteiger partial charge in [-0.3, -0.25) is 4.79 Å². The average molecular weight is 868 g/mol.